The lowest BCUT2D eigenvalue weighted by atomic mass is 9.88. The third kappa shape index (κ3) is 2.03. The van der Waals surface area contributed by atoms with Crippen LogP contribution in [0.1, 0.15) is 19.5 Å². The van der Waals surface area contributed by atoms with Crippen molar-refractivity contribution < 1.29 is 22.7 Å². The number of pyridine rings is 1. The van der Waals surface area contributed by atoms with Crippen LogP contribution >= 0.6 is 0 Å². The van der Waals surface area contributed by atoms with E-state index in [1.54, 1.807) is 0 Å². The smallest absolute Gasteiger partial charge is 0.399 e. The highest BCUT2D eigenvalue weighted by Gasteiger charge is 2.49. The molecule has 1 N–H and O–H groups in total. The molecule has 15 heavy (non-hydrogen) atoms. The summed E-state index contributed by atoms with van der Waals surface area (Å²) in [7, 11) is 0. The number of alkyl halides is 3. The molecule has 6 heteroatoms. The Morgan fingerprint density at radius 3 is 2.13 bits per heavy atom. The molecule has 1 aromatic rings. The van der Waals surface area contributed by atoms with Gasteiger partial charge in [0.2, 0.25) is 0 Å². The number of aromatic hydroxyl groups is 1. The molecule has 1 rings (SSSR count). The minimum absolute atomic E-state index is 0.467. The standard InChI is InChI=1S/C9H9F4NO/c1-8(2,9(11,12)13)6-4-3-5(15)7(10)14-6/h3-4,15H,1-2H3. The van der Waals surface area contributed by atoms with Crippen molar-refractivity contribution in [1.82, 2.24) is 4.98 Å². The van der Waals surface area contributed by atoms with Gasteiger partial charge in [0.15, 0.2) is 5.75 Å². The van der Waals surface area contributed by atoms with Gasteiger partial charge in [-0.25, -0.2) is 4.98 Å². The Kier molecular flexibility index (Phi) is 2.63. The Hall–Kier alpha value is -1.33. The molecule has 0 saturated carbocycles. The van der Waals surface area contributed by atoms with Gasteiger partial charge in [0, 0.05) is 0 Å². The maximum absolute atomic E-state index is 12.8. The zero-order valence-electron chi connectivity index (χ0n) is 8.06. The molecule has 0 fully saturated rings. The minimum atomic E-state index is -4.52. The van der Waals surface area contributed by atoms with E-state index in [9.17, 15) is 17.6 Å². The molecule has 84 valence electrons. The number of aromatic nitrogens is 1. The molecule has 0 aromatic carbocycles. The summed E-state index contributed by atoms with van der Waals surface area (Å²) in [6.45, 7) is 1.79. The summed E-state index contributed by atoms with van der Waals surface area (Å²) in [4.78, 5) is 3.07. The molecule has 0 aliphatic heterocycles. The van der Waals surface area contributed by atoms with E-state index >= 15 is 0 Å². The predicted octanol–water partition coefficient (Wildman–Crippen LogP) is 2.77. The van der Waals surface area contributed by atoms with E-state index in [1.165, 1.54) is 0 Å². The second kappa shape index (κ2) is 3.36. The monoisotopic (exact) mass is 223 g/mol. The lowest BCUT2D eigenvalue weighted by Gasteiger charge is -2.26. The normalized spacial score (nSPS) is 12.9. The summed E-state index contributed by atoms with van der Waals surface area (Å²) in [5.41, 5.74) is -2.72. The molecule has 0 spiro atoms. The Bertz CT molecular complexity index is 373. The van der Waals surface area contributed by atoms with E-state index in [1.807, 2.05) is 0 Å². The number of rotatable bonds is 1. The van der Waals surface area contributed by atoms with E-state index in [4.69, 9.17) is 5.11 Å². The van der Waals surface area contributed by atoms with Crippen molar-refractivity contribution in [2.45, 2.75) is 25.4 Å². The summed E-state index contributed by atoms with van der Waals surface area (Å²) < 4.78 is 50.3. The molecule has 0 unspecified atom stereocenters. The van der Waals surface area contributed by atoms with Crippen LogP contribution in [0.3, 0.4) is 0 Å². The van der Waals surface area contributed by atoms with Crippen LogP contribution in [0.4, 0.5) is 17.6 Å². The predicted molar refractivity (Wildman–Crippen MR) is 44.9 cm³/mol. The maximum Gasteiger partial charge on any atom is 0.399 e. The van der Waals surface area contributed by atoms with Gasteiger partial charge in [-0.3, -0.25) is 0 Å². The second-order valence-electron chi connectivity index (χ2n) is 3.63. The molecule has 0 aliphatic rings. The maximum atomic E-state index is 12.8. The summed E-state index contributed by atoms with van der Waals surface area (Å²) in [5, 5.41) is 8.79. The summed E-state index contributed by atoms with van der Waals surface area (Å²) in [6.07, 6.45) is -4.52. The van der Waals surface area contributed by atoms with Gasteiger partial charge >= 0.3 is 6.18 Å². The van der Waals surface area contributed by atoms with Crippen LogP contribution < -0.4 is 0 Å². The van der Waals surface area contributed by atoms with Crippen LogP contribution in [0, 0.1) is 5.95 Å². The molecular formula is C9H9F4NO. The van der Waals surface area contributed by atoms with Gasteiger partial charge in [-0.2, -0.15) is 17.6 Å². The third-order valence-electron chi connectivity index (χ3n) is 2.18. The minimum Gasteiger partial charge on any atom is -0.504 e. The highest BCUT2D eigenvalue weighted by Crippen LogP contribution is 2.39. The Morgan fingerprint density at radius 2 is 1.73 bits per heavy atom. The first-order chi connectivity index (χ1) is 6.66. The van der Waals surface area contributed by atoms with Crippen molar-refractivity contribution in [3.05, 3.63) is 23.8 Å². The molecule has 0 saturated heterocycles. The Labute approximate surface area is 83.6 Å². The molecule has 2 nitrogen and oxygen atoms in total. The average Bonchev–Trinajstić information content (AvgIpc) is 2.07. The van der Waals surface area contributed by atoms with Gasteiger partial charge in [-0.05, 0) is 26.0 Å². The highest BCUT2D eigenvalue weighted by molar-refractivity contribution is 5.25. The van der Waals surface area contributed by atoms with Crippen LogP contribution in [0.25, 0.3) is 0 Å². The highest BCUT2D eigenvalue weighted by atomic mass is 19.4. The van der Waals surface area contributed by atoms with Crippen molar-refractivity contribution >= 4 is 0 Å². The molecule has 0 atom stereocenters. The molecule has 0 bridgehead atoms. The molecule has 1 heterocycles. The second-order valence-corrected chi connectivity index (χ2v) is 3.63. The molecular weight excluding hydrogens is 214 g/mol. The van der Waals surface area contributed by atoms with Crippen LogP contribution in [0.2, 0.25) is 0 Å². The van der Waals surface area contributed by atoms with Crippen molar-refractivity contribution in [2.75, 3.05) is 0 Å². The van der Waals surface area contributed by atoms with Crippen LogP contribution in [-0.2, 0) is 5.41 Å². The molecule has 0 radical (unpaired) electrons. The number of nitrogens with zero attached hydrogens (tertiary/aromatic N) is 1. The quantitative estimate of drug-likeness (QED) is 0.586. The van der Waals surface area contributed by atoms with E-state index in [-0.39, 0.29) is 0 Å². The van der Waals surface area contributed by atoms with Crippen molar-refractivity contribution in [2.24, 2.45) is 0 Å². The summed E-state index contributed by atoms with van der Waals surface area (Å²) >= 11 is 0. The van der Waals surface area contributed by atoms with Gasteiger partial charge in [-0.15, -0.1) is 0 Å². The fourth-order valence-corrected chi connectivity index (χ4v) is 0.920. The Morgan fingerprint density at radius 1 is 1.20 bits per heavy atom. The SMILES string of the molecule is CC(C)(c1ccc(O)c(F)n1)C(F)(F)F. The number of hydrogen-bond donors (Lipinski definition) is 1. The van der Waals surface area contributed by atoms with Crippen molar-refractivity contribution in [3.63, 3.8) is 0 Å². The molecule has 0 aliphatic carbocycles. The number of halogens is 4. The number of hydrogen-bond acceptors (Lipinski definition) is 2. The summed E-state index contributed by atoms with van der Waals surface area (Å²) in [5.74, 6) is -2.07. The van der Waals surface area contributed by atoms with Gasteiger partial charge in [0.05, 0.1) is 5.69 Å². The first-order valence-electron chi connectivity index (χ1n) is 4.09. The van der Waals surface area contributed by atoms with Crippen molar-refractivity contribution in [1.29, 1.82) is 0 Å². The van der Waals surface area contributed by atoms with Crippen LogP contribution in [0.5, 0.6) is 5.75 Å². The molecule has 1 aromatic heterocycles. The van der Waals surface area contributed by atoms with Crippen molar-refractivity contribution in [3.8, 4) is 5.75 Å². The molecule has 0 amide bonds. The lowest BCUT2D eigenvalue weighted by molar-refractivity contribution is -0.181. The average molecular weight is 223 g/mol. The van der Waals surface area contributed by atoms with E-state index in [0.29, 0.717) is 0 Å². The zero-order valence-corrected chi connectivity index (χ0v) is 8.06. The third-order valence-corrected chi connectivity index (χ3v) is 2.18. The van der Waals surface area contributed by atoms with Gasteiger partial charge in [-0.1, -0.05) is 0 Å². The van der Waals surface area contributed by atoms with Gasteiger partial charge in [0.1, 0.15) is 5.41 Å². The van der Waals surface area contributed by atoms with E-state index < -0.39 is 29.0 Å². The first kappa shape index (κ1) is 11.7. The van der Waals surface area contributed by atoms with Crippen LogP contribution in [0.15, 0.2) is 12.1 Å². The largest absolute Gasteiger partial charge is 0.504 e. The van der Waals surface area contributed by atoms with Gasteiger partial charge < -0.3 is 5.11 Å². The zero-order chi connectivity index (χ0) is 11.9. The Balaban J connectivity index is 3.22. The van der Waals surface area contributed by atoms with Gasteiger partial charge in [0.25, 0.3) is 5.95 Å². The fraction of sp³-hybridized carbons (Fsp3) is 0.444. The fourth-order valence-electron chi connectivity index (χ4n) is 0.920. The van der Waals surface area contributed by atoms with E-state index in [0.717, 1.165) is 26.0 Å². The lowest BCUT2D eigenvalue weighted by Crippen LogP contribution is -2.37. The summed E-state index contributed by atoms with van der Waals surface area (Å²) in [6, 6.07) is 1.80. The topological polar surface area (TPSA) is 33.1 Å². The van der Waals surface area contributed by atoms with E-state index in [2.05, 4.69) is 4.98 Å². The first-order valence-corrected chi connectivity index (χ1v) is 4.09. The van der Waals surface area contributed by atoms with Crippen LogP contribution in [-0.4, -0.2) is 16.3 Å².